The fraction of sp³-hybridized carbons (Fsp3) is 0.385. The molecule has 17 heavy (non-hydrogen) atoms. The lowest BCUT2D eigenvalue weighted by Gasteiger charge is -2.07. The number of ether oxygens (including phenoxy) is 1. The van der Waals surface area contributed by atoms with Crippen molar-refractivity contribution in [2.45, 2.75) is 5.75 Å². The fourth-order valence-electron chi connectivity index (χ4n) is 1.33. The molecule has 0 amide bonds. The molecular formula is C13H17NO2S. The number of benzene rings is 1. The first-order valence-corrected chi connectivity index (χ1v) is 6.51. The molecule has 0 saturated carbocycles. The van der Waals surface area contributed by atoms with Crippen LogP contribution in [-0.2, 0) is 5.75 Å². The molecule has 0 fully saturated rings. The van der Waals surface area contributed by atoms with Gasteiger partial charge >= 0.3 is 0 Å². The van der Waals surface area contributed by atoms with Crippen LogP contribution < -0.4 is 10.5 Å². The third-order valence-corrected chi connectivity index (χ3v) is 3.12. The van der Waals surface area contributed by atoms with Crippen molar-refractivity contribution >= 4 is 11.8 Å². The molecule has 0 unspecified atom stereocenters. The van der Waals surface area contributed by atoms with E-state index in [1.807, 2.05) is 18.2 Å². The first kappa shape index (κ1) is 13.9. The summed E-state index contributed by atoms with van der Waals surface area (Å²) >= 11 is 1.67. The Labute approximate surface area is 106 Å². The van der Waals surface area contributed by atoms with Gasteiger partial charge in [0, 0.05) is 17.1 Å². The topological polar surface area (TPSA) is 55.5 Å². The lowest BCUT2D eigenvalue weighted by molar-refractivity contribution is 0.322. The zero-order valence-electron chi connectivity index (χ0n) is 9.90. The average molecular weight is 251 g/mol. The molecule has 3 N–H and O–H groups in total. The zero-order chi connectivity index (χ0) is 12.5. The summed E-state index contributed by atoms with van der Waals surface area (Å²) in [7, 11) is 1.64. The predicted octanol–water partition coefficient (Wildman–Crippen LogP) is 1.23. The van der Waals surface area contributed by atoms with E-state index in [1.54, 1.807) is 18.9 Å². The molecular weight excluding hydrogens is 234 g/mol. The Morgan fingerprint density at radius 2 is 2.29 bits per heavy atom. The van der Waals surface area contributed by atoms with E-state index in [9.17, 15) is 0 Å². The molecule has 1 aromatic rings. The van der Waals surface area contributed by atoms with E-state index >= 15 is 0 Å². The molecule has 0 aromatic heterocycles. The van der Waals surface area contributed by atoms with Crippen LogP contribution in [-0.4, -0.2) is 31.1 Å². The maximum absolute atomic E-state index is 8.77. The normalized spacial score (nSPS) is 9.59. The second-order valence-electron chi connectivity index (χ2n) is 3.31. The van der Waals surface area contributed by atoms with Gasteiger partial charge in [0.05, 0.1) is 20.3 Å². The molecule has 0 saturated heterocycles. The van der Waals surface area contributed by atoms with Crippen molar-refractivity contribution in [2.75, 3.05) is 26.0 Å². The van der Waals surface area contributed by atoms with Crippen LogP contribution in [0, 0.1) is 11.8 Å². The molecule has 0 atom stereocenters. The minimum atomic E-state index is 0.193. The SMILES string of the molecule is COc1ccc(C#CCN)c(CSCCO)c1. The summed E-state index contributed by atoms with van der Waals surface area (Å²) in [5.41, 5.74) is 7.46. The number of thioether (sulfide) groups is 1. The molecule has 0 aliphatic rings. The van der Waals surface area contributed by atoms with E-state index in [1.165, 1.54) is 0 Å². The van der Waals surface area contributed by atoms with E-state index in [0.717, 1.165) is 28.4 Å². The zero-order valence-corrected chi connectivity index (χ0v) is 10.7. The van der Waals surface area contributed by atoms with Crippen LogP contribution in [0.1, 0.15) is 11.1 Å². The quantitative estimate of drug-likeness (QED) is 0.610. The van der Waals surface area contributed by atoms with Crippen molar-refractivity contribution < 1.29 is 9.84 Å². The number of hydrogen-bond acceptors (Lipinski definition) is 4. The molecule has 0 aliphatic heterocycles. The minimum Gasteiger partial charge on any atom is -0.497 e. The summed E-state index contributed by atoms with van der Waals surface area (Å²) in [4.78, 5) is 0. The molecule has 4 heteroatoms. The largest absolute Gasteiger partial charge is 0.497 e. The van der Waals surface area contributed by atoms with Gasteiger partial charge in [-0.15, -0.1) is 0 Å². The van der Waals surface area contributed by atoms with Gasteiger partial charge in [-0.05, 0) is 23.8 Å². The highest BCUT2D eigenvalue weighted by molar-refractivity contribution is 7.98. The van der Waals surface area contributed by atoms with E-state index in [0.29, 0.717) is 6.54 Å². The van der Waals surface area contributed by atoms with Crippen molar-refractivity contribution in [3.63, 3.8) is 0 Å². The first-order chi connectivity index (χ1) is 8.31. The van der Waals surface area contributed by atoms with Crippen LogP contribution >= 0.6 is 11.8 Å². The molecule has 0 spiro atoms. The third-order valence-electron chi connectivity index (χ3n) is 2.13. The molecule has 0 radical (unpaired) electrons. The molecule has 3 nitrogen and oxygen atoms in total. The highest BCUT2D eigenvalue weighted by Gasteiger charge is 2.02. The second-order valence-corrected chi connectivity index (χ2v) is 4.41. The van der Waals surface area contributed by atoms with Gasteiger partial charge in [0.25, 0.3) is 0 Å². The van der Waals surface area contributed by atoms with Crippen LogP contribution in [0.25, 0.3) is 0 Å². The summed E-state index contributed by atoms with van der Waals surface area (Å²) in [6.45, 7) is 0.549. The summed E-state index contributed by atoms with van der Waals surface area (Å²) in [5, 5.41) is 8.77. The van der Waals surface area contributed by atoms with Crippen molar-refractivity contribution in [1.29, 1.82) is 0 Å². The van der Waals surface area contributed by atoms with E-state index < -0.39 is 0 Å². The molecule has 0 aliphatic carbocycles. The first-order valence-electron chi connectivity index (χ1n) is 5.36. The average Bonchev–Trinajstić information content (AvgIpc) is 2.37. The molecule has 0 bridgehead atoms. The van der Waals surface area contributed by atoms with Gasteiger partial charge in [-0.1, -0.05) is 11.8 Å². The third kappa shape index (κ3) is 4.70. The number of methoxy groups -OCH3 is 1. The number of hydrogen-bond donors (Lipinski definition) is 2. The lowest BCUT2D eigenvalue weighted by Crippen LogP contribution is -1.95. The summed E-state index contributed by atoms with van der Waals surface area (Å²) < 4.78 is 5.19. The van der Waals surface area contributed by atoms with Gasteiger partial charge in [-0.2, -0.15) is 11.8 Å². The standard InChI is InChI=1S/C13H17NO2S/c1-16-13-5-4-11(3-2-6-14)12(9-13)10-17-8-7-15/h4-5,9,15H,6-8,10,14H2,1H3. The number of rotatable bonds is 5. The maximum Gasteiger partial charge on any atom is 0.119 e. The molecule has 92 valence electrons. The molecule has 1 aromatic carbocycles. The van der Waals surface area contributed by atoms with E-state index in [-0.39, 0.29) is 6.61 Å². The van der Waals surface area contributed by atoms with Gasteiger partial charge in [-0.25, -0.2) is 0 Å². The highest BCUT2D eigenvalue weighted by atomic mass is 32.2. The van der Waals surface area contributed by atoms with Crippen LogP contribution in [0.3, 0.4) is 0 Å². The maximum atomic E-state index is 8.77. The van der Waals surface area contributed by atoms with Gasteiger partial charge in [0.1, 0.15) is 5.75 Å². The smallest absolute Gasteiger partial charge is 0.119 e. The Morgan fingerprint density at radius 3 is 2.94 bits per heavy atom. The minimum absolute atomic E-state index is 0.193. The monoisotopic (exact) mass is 251 g/mol. The van der Waals surface area contributed by atoms with Crippen molar-refractivity contribution in [3.8, 4) is 17.6 Å². The Kier molecular flexibility index (Phi) is 6.56. The lowest BCUT2D eigenvalue weighted by atomic mass is 10.1. The van der Waals surface area contributed by atoms with Gasteiger partial charge in [0.15, 0.2) is 0 Å². The van der Waals surface area contributed by atoms with Crippen molar-refractivity contribution in [1.82, 2.24) is 0 Å². The number of nitrogens with two attached hydrogens (primary N) is 1. The van der Waals surface area contributed by atoms with Gasteiger partial charge in [-0.3, -0.25) is 0 Å². The van der Waals surface area contributed by atoms with Crippen molar-refractivity contribution in [2.24, 2.45) is 5.73 Å². The van der Waals surface area contributed by atoms with Crippen LogP contribution in [0.4, 0.5) is 0 Å². The second kappa shape index (κ2) is 8.02. The Hall–Kier alpha value is -1.15. The van der Waals surface area contributed by atoms with E-state index in [4.69, 9.17) is 15.6 Å². The Morgan fingerprint density at radius 1 is 1.47 bits per heavy atom. The van der Waals surface area contributed by atoms with Gasteiger partial charge in [0.2, 0.25) is 0 Å². The summed E-state index contributed by atoms with van der Waals surface area (Å²) in [5.74, 6) is 8.25. The van der Waals surface area contributed by atoms with Crippen LogP contribution in [0.5, 0.6) is 5.75 Å². The predicted molar refractivity (Wildman–Crippen MR) is 72.2 cm³/mol. The van der Waals surface area contributed by atoms with Crippen molar-refractivity contribution in [3.05, 3.63) is 29.3 Å². The highest BCUT2D eigenvalue weighted by Crippen LogP contribution is 2.21. The fourth-order valence-corrected chi connectivity index (χ4v) is 2.06. The summed E-state index contributed by atoms with van der Waals surface area (Å²) in [6.07, 6.45) is 0. The van der Waals surface area contributed by atoms with E-state index in [2.05, 4.69) is 11.8 Å². The number of aliphatic hydroxyl groups excluding tert-OH is 1. The molecule has 0 heterocycles. The van der Waals surface area contributed by atoms with Gasteiger partial charge < -0.3 is 15.6 Å². The van der Waals surface area contributed by atoms with Crippen LogP contribution in [0.15, 0.2) is 18.2 Å². The van der Waals surface area contributed by atoms with Crippen LogP contribution in [0.2, 0.25) is 0 Å². The Balaban J connectivity index is 2.86. The summed E-state index contributed by atoms with van der Waals surface area (Å²) in [6, 6.07) is 5.81. The number of aliphatic hydroxyl groups is 1. The molecule has 1 rings (SSSR count). The Bertz CT molecular complexity index is 410.